The average Bonchev–Trinajstić information content (AvgIpc) is 3.51. The van der Waals surface area contributed by atoms with Gasteiger partial charge in [-0.3, -0.25) is 14.2 Å². The summed E-state index contributed by atoms with van der Waals surface area (Å²) in [7, 11) is 0. The molecule has 0 aliphatic rings. The van der Waals surface area contributed by atoms with Crippen LogP contribution in [0.5, 0.6) is 0 Å². The number of halogens is 4. The highest BCUT2D eigenvalue weighted by Crippen LogP contribution is 2.28. The summed E-state index contributed by atoms with van der Waals surface area (Å²) < 4.78 is 29.1. The van der Waals surface area contributed by atoms with Crippen molar-refractivity contribution in [2.45, 2.75) is 25.9 Å². The van der Waals surface area contributed by atoms with Crippen molar-refractivity contribution in [3.63, 3.8) is 0 Å². The largest absolute Gasteiger partial charge is 0.333 e. The number of nitrogens with one attached hydrogen (secondary N) is 1. The maximum atomic E-state index is 13.1. The van der Waals surface area contributed by atoms with Crippen molar-refractivity contribution in [1.82, 2.24) is 34.3 Å². The minimum atomic E-state index is -2.77. The summed E-state index contributed by atoms with van der Waals surface area (Å²) in [5, 5.41) is 15.3. The van der Waals surface area contributed by atoms with E-state index in [-0.39, 0.29) is 11.6 Å². The number of nitrogens with zero attached hydrogens (tertiary/aromatic N) is 7. The molecule has 38 heavy (non-hydrogen) atoms. The zero-order chi connectivity index (χ0) is 27.0. The lowest BCUT2D eigenvalue weighted by atomic mass is 10.1. The van der Waals surface area contributed by atoms with Crippen LogP contribution in [0.3, 0.4) is 0 Å². The van der Waals surface area contributed by atoms with Crippen molar-refractivity contribution in [3.05, 3.63) is 81.7 Å². The lowest BCUT2D eigenvalue weighted by Crippen LogP contribution is -2.33. The molecule has 0 saturated heterocycles. The highest BCUT2D eigenvalue weighted by molar-refractivity contribution is 6.31. The van der Waals surface area contributed by atoms with Gasteiger partial charge in [0.25, 0.3) is 5.56 Å². The number of anilines is 1. The Morgan fingerprint density at radius 2 is 1.92 bits per heavy atom. The van der Waals surface area contributed by atoms with Crippen molar-refractivity contribution in [2.75, 3.05) is 5.32 Å². The number of hydrogen-bond acceptors (Lipinski definition) is 6. The van der Waals surface area contributed by atoms with E-state index in [1.54, 1.807) is 31.2 Å². The molecule has 3 aromatic heterocycles. The van der Waals surface area contributed by atoms with Crippen molar-refractivity contribution in [2.24, 2.45) is 0 Å². The first-order chi connectivity index (χ1) is 18.2. The molecule has 0 radical (unpaired) electrons. The Morgan fingerprint density at radius 1 is 1.11 bits per heavy atom. The third kappa shape index (κ3) is 5.00. The molecular weight excluding hydrogens is 541 g/mol. The van der Waals surface area contributed by atoms with Gasteiger partial charge in [0.05, 0.1) is 29.4 Å². The van der Waals surface area contributed by atoms with Crippen LogP contribution >= 0.6 is 23.2 Å². The molecule has 5 rings (SSSR count). The number of carbonyl (C=O) groups excluding carboxylic acids is 1. The van der Waals surface area contributed by atoms with Crippen LogP contribution in [0.4, 0.5) is 14.5 Å². The number of amides is 1. The van der Waals surface area contributed by atoms with E-state index in [1.165, 1.54) is 46.2 Å². The number of aromatic nitrogens is 7. The third-order valence-corrected chi connectivity index (χ3v) is 6.21. The van der Waals surface area contributed by atoms with Crippen LogP contribution in [0.2, 0.25) is 10.2 Å². The van der Waals surface area contributed by atoms with Gasteiger partial charge in [0.2, 0.25) is 5.91 Å². The molecule has 0 aliphatic carbocycles. The van der Waals surface area contributed by atoms with Gasteiger partial charge in [-0.05, 0) is 42.8 Å². The summed E-state index contributed by atoms with van der Waals surface area (Å²) in [4.78, 5) is 30.6. The van der Waals surface area contributed by atoms with Crippen LogP contribution in [0.25, 0.3) is 27.8 Å². The second-order valence-electron chi connectivity index (χ2n) is 8.24. The Bertz CT molecular complexity index is 1720. The Morgan fingerprint density at radius 3 is 2.61 bits per heavy atom. The van der Waals surface area contributed by atoms with Crippen LogP contribution in [-0.4, -0.2) is 40.2 Å². The molecular formula is C24H18Cl2F2N8O2. The van der Waals surface area contributed by atoms with E-state index in [0.717, 1.165) is 0 Å². The van der Waals surface area contributed by atoms with Crippen molar-refractivity contribution in [1.29, 1.82) is 0 Å². The van der Waals surface area contributed by atoms with E-state index in [2.05, 4.69) is 25.7 Å². The molecule has 0 aliphatic heterocycles. The summed E-state index contributed by atoms with van der Waals surface area (Å²) in [6, 6.07) is 10.0. The Hall–Kier alpha value is -4.16. The van der Waals surface area contributed by atoms with Gasteiger partial charge in [0.15, 0.2) is 5.15 Å². The smallest absolute Gasteiger partial charge is 0.324 e. The maximum absolute atomic E-state index is 13.1. The Balaban J connectivity index is 1.43. The number of benzene rings is 2. The lowest BCUT2D eigenvalue weighted by molar-refractivity contribution is -0.119. The highest BCUT2D eigenvalue weighted by atomic mass is 35.5. The topological polar surface area (TPSA) is 113 Å². The van der Waals surface area contributed by atoms with Crippen LogP contribution in [0, 0.1) is 0 Å². The third-order valence-electron chi connectivity index (χ3n) is 5.80. The zero-order valence-electron chi connectivity index (χ0n) is 19.6. The van der Waals surface area contributed by atoms with Gasteiger partial charge >= 0.3 is 6.55 Å². The molecule has 1 N–H and O–H groups in total. The summed E-state index contributed by atoms with van der Waals surface area (Å²) in [6.07, 6.45) is 4.28. The summed E-state index contributed by atoms with van der Waals surface area (Å²) >= 11 is 12.1. The van der Waals surface area contributed by atoms with Gasteiger partial charge in [0, 0.05) is 33.9 Å². The van der Waals surface area contributed by atoms with Crippen LogP contribution in [-0.2, 0) is 4.79 Å². The fraction of sp³-hybridized carbons (Fsp3) is 0.167. The first kappa shape index (κ1) is 25.5. The Kier molecular flexibility index (Phi) is 6.91. The van der Waals surface area contributed by atoms with Gasteiger partial charge in [-0.2, -0.15) is 13.9 Å². The molecule has 5 aromatic rings. The van der Waals surface area contributed by atoms with Gasteiger partial charge in [-0.15, -0.1) is 5.10 Å². The molecule has 1 atom stereocenters. The predicted octanol–water partition coefficient (Wildman–Crippen LogP) is 5.13. The molecule has 0 bridgehead atoms. The minimum Gasteiger partial charge on any atom is -0.324 e. The van der Waals surface area contributed by atoms with Gasteiger partial charge < -0.3 is 5.32 Å². The summed E-state index contributed by atoms with van der Waals surface area (Å²) in [5.74, 6) is -0.467. The molecule has 3 heterocycles. The van der Waals surface area contributed by atoms with Crippen molar-refractivity contribution >= 4 is 45.7 Å². The van der Waals surface area contributed by atoms with Crippen molar-refractivity contribution < 1.29 is 13.6 Å². The molecule has 2 aromatic carbocycles. The number of rotatable bonds is 7. The monoisotopic (exact) mass is 558 g/mol. The normalized spacial score (nSPS) is 12.3. The number of alkyl halides is 2. The number of fused-ring (bicyclic) bond motifs is 1. The lowest BCUT2D eigenvalue weighted by Gasteiger charge is -2.18. The predicted molar refractivity (Wildman–Crippen MR) is 138 cm³/mol. The second-order valence-corrected chi connectivity index (χ2v) is 9.06. The fourth-order valence-electron chi connectivity index (χ4n) is 4.02. The van der Waals surface area contributed by atoms with Crippen LogP contribution in [0.15, 0.2) is 66.0 Å². The van der Waals surface area contributed by atoms with Gasteiger partial charge in [0.1, 0.15) is 6.04 Å². The highest BCUT2D eigenvalue weighted by Gasteiger charge is 2.22. The van der Waals surface area contributed by atoms with E-state index in [4.69, 9.17) is 23.2 Å². The van der Waals surface area contributed by atoms with E-state index in [1.807, 2.05) is 0 Å². The quantitative estimate of drug-likeness (QED) is 0.296. The standard InChI is InChI=1S/C24H18Cl2F2N8O2/c1-2-19(23(38)30-15-4-5-17-13(7-15)10-36(32-17)24(27)28)34-12-29-18(9-22(34)37)16-8-14(25)3-6-20(16)35-11-21(26)31-33-35/h3-12,19,24H,2H2,1H3,(H,30,38)/t19-/m0/s1. The molecule has 1 amide bonds. The first-order valence-corrected chi connectivity index (χ1v) is 12.0. The van der Waals surface area contributed by atoms with Gasteiger partial charge in [-0.1, -0.05) is 35.3 Å². The zero-order valence-corrected chi connectivity index (χ0v) is 21.1. The van der Waals surface area contributed by atoms with E-state index in [9.17, 15) is 18.4 Å². The molecule has 0 unspecified atom stereocenters. The molecule has 10 nitrogen and oxygen atoms in total. The SMILES string of the molecule is CC[C@@H](C(=O)Nc1ccc2nn(C(F)F)cc2c1)n1cnc(-c2cc(Cl)ccc2-n2cc(Cl)nn2)cc1=O. The summed E-state index contributed by atoms with van der Waals surface area (Å²) in [5.41, 5.74) is 1.65. The van der Waals surface area contributed by atoms with Gasteiger partial charge in [-0.25, -0.2) is 14.3 Å². The van der Waals surface area contributed by atoms with E-state index in [0.29, 0.717) is 43.2 Å². The molecule has 0 fully saturated rings. The number of carbonyl (C=O) groups is 1. The van der Waals surface area contributed by atoms with Crippen LogP contribution in [0.1, 0.15) is 25.9 Å². The van der Waals surface area contributed by atoms with Crippen molar-refractivity contribution in [3.8, 4) is 16.9 Å². The number of hydrogen-bond donors (Lipinski definition) is 1. The molecule has 0 spiro atoms. The summed E-state index contributed by atoms with van der Waals surface area (Å²) in [6.45, 7) is -1.02. The second kappa shape index (κ2) is 10.3. The maximum Gasteiger partial charge on any atom is 0.333 e. The fourth-order valence-corrected chi connectivity index (χ4v) is 4.32. The first-order valence-electron chi connectivity index (χ1n) is 11.3. The van der Waals surface area contributed by atoms with E-state index < -0.39 is 24.1 Å². The van der Waals surface area contributed by atoms with E-state index >= 15 is 0 Å². The minimum absolute atomic E-state index is 0.188. The molecule has 194 valence electrons. The molecule has 0 saturated carbocycles. The van der Waals surface area contributed by atoms with Crippen LogP contribution < -0.4 is 10.9 Å². The molecule has 14 heteroatoms. The Labute approximate surface area is 223 Å². The average molecular weight is 559 g/mol.